The van der Waals surface area contributed by atoms with Gasteiger partial charge in [-0.15, -0.1) is 10.2 Å². The van der Waals surface area contributed by atoms with E-state index < -0.39 is 0 Å². The van der Waals surface area contributed by atoms with Crippen LogP contribution < -0.4 is 0 Å². The Morgan fingerprint density at radius 2 is 2.15 bits per heavy atom. The van der Waals surface area contributed by atoms with Gasteiger partial charge in [0.15, 0.2) is 10.8 Å². The molecule has 104 valence electrons. The molecule has 0 aliphatic carbocycles. The number of hydrogen-bond donors (Lipinski definition) is 0. The molecule has 0 aromatic carbocycles. The Bertz CT molecular complexity index is 664. The minimum Gasteiger partial charge on any atom is -0.329 e. The molecule has 5 nitrogen and oxygen atoms in total. The highest BCUT2D eigenvalue weighted by Gasteiger charge is 2.34. The van der Waals surface area contributed by atoms with Crippen LogP contribution in [0.25, 0.3) is 11.0 Å². The first kappa shape index (κ1) is 13.3. The van der Waals surface area contributed by atoms with E-state index in [1.807, 2.05) is 16.8 Å². The van der Waals surface area contributed by atoms with Crippen LogP contribution in [0.3, 0.4) is 0 Å². The van der Waals surface area contributed by atoms with Gasteiger partial charge >= 0.3 is 0 Å². The lowest BCUT2D eigenvalue weighted by molar-refractivity contribution is 0.154. The highest BCUT2D eigenvalue weighted by atomic mass is 35.5. The number of aromatic nitrogens is 3. The van der Waals surface area contributed by atoms with E-state index in [9.17, 15) is 5.26 Å². The Morgan fingerprint density at radius 1 is 1.40 bits per heavy atom. The maximum Gasteiger partial charge on any atom is 0.162 e. The van der Waals surface area contributed by atoms with E-state index in [2.05, 4.69) is 28.2 Å². The smallest absolute Gasteiger partial charge is 0.162 e. The van der Waals surface area contributed by atoms with Crippen LogP contribution in [-0.4, -0.2) is 39.8 Å². The standard InChI is InChI=1S/C14H16ClN5/c1-19-6-3-14(9-16,4-7-19)10-20-5-2-11-8-12(15)17-18-13(11)20/h2,5,8H,3-4,6-7,10H2,1H3. The van der Waals surface area contributed by atoms with E-state index in [4.69, 9.17) is 11.6 Å². The molecule has 0 atom stereocenters. The van der Waals surface area contributed by atoms with E-state index in [0.717, 1.165) is 37.0 Å². The first-order chi connectivity index (χ1) is 9.62. The van der Waals surface area contributed by atoms with Crippen LogP contribution in [0.4, 0.5) is 0 Å². The van der Waals surface area contributed by atoms with Crippen LogP contribution in [0.15, 0.2) is 18.3 Å². The van der Waals surface area contributed by atoms with Gasteiger partial charge < -0.3 is 9.47 Å². The maximum atomic E-state index is 9.60. The van der Waals surface area contributed by atoms with Gasteiger partial charge in [0.2, 0.25) is 0 Å². The van der Waals surface area contributed by atoms with Crippen LogP contribution in [0.2, 0.25) is 5.15 Å². The molecule has 1 aliphatic heterocycles. The van der Waals surface area contributed by atoms with Crippen molar-refractivity contribution in [3.63, 3.8) is 0 Å². The molecule has 0 spiro atoms. The van der Waals surface area contributed by atoms with Gasteiger partial charge in [-0.3, -0.25) is 0 Å². The molecule has 1 aliphatic rings. The van der Waals surface area contributed by atoms with Crippen LogP contribution in [0.1, 0.15) is 12.8 Å². The highest BCUT2D eigenvalue weighted by Crippen LogP contribution is 2.33. The summed E-state index contributed by atoms with van der Waals surface area (Å²) in [7, 11) is 2.10. The van der Waals surface area contributed by atoms with Crippen LogP contribution >= 0.6 is 11.6 Å². The molecule has 0 saturated carbocycles. The van der Waals surface area contributed by atoms with Crippen molar-refractivity contribution in [1.29, 1.82) is 5.26 Å². The number of piperidine rings is 1. The normalized spacial score (nSPS) is 19.1. The third kappa shape index (κ3) is 2.37. The van der Waals surface area contributed by atoms with Crippen LogP contribution in [-0.2, 0) is 6.54 Å². The predicted molar refractivity (Wildman–Crippen MR) is 77.3 cm³/mol. The van der Waals surface area contributed by atoms with Crippen molar-refractivity contribution in [2.24, 2.45) is 5.41 Å². The molecule has 20 heavy (non-hydrogen) atoms. The lowest BCUT2D eigenvalue weighted by Crippen LogP contribution is -2.39. The maximum absolute atomic E-state index is 9.60. The molecule has 0 unspecified atom stereocenters. The van der Waals surface area contributed by atoms with E-state index >= 15 is 0 Å². The molecule has 0 bridgehead atoms. The average molecular weight is 290 g/mol. The van der Waals surface area contributed by atoms with E-state index in [1.165, 1.54) is 0 Å². The molecule has 3 rings (SSSR count). The first-order valence-electron chi connectivity index (χ1n) is 6.70. The lowest BCUT2D eigenvalue weighted by atomic mass is 9.80. The van der Waals surface area contributed by atoms with Crippen molar-refractivity contribution < 1.29 is 0 Å². The number of rotatable bonds is 2. The molecule has 2 aromatic rings. The topological polar surface area (TPSA) is 57.7 Å². The van der Waals surface area contributed by atoms with Gasteiger partial charge in [-0.25, -0.2) is 0 Å². The number of hydrogen-bond acceptors (Lipinski definition) is 4. The Morgan fingerprint density at radius 3 is 2.85 bits per heavy atom. The van der Waals surface area contributed by atoms with Gasteiger partial charge in [0.25, 0.3) is 0 Å². The minimum absolute atomic E-state index is 0.306. The fraction of sp³-hybridized carbons (Fsp3) is 0.500. The molecule has 0 amide bonds. The van der Waals surface area contributed by atoms with Gasteiger partial charge in [0, 0.05) is 18.1 Å². The summed E-state index contributed by atoms with van der Waals surface area (Å²) in [5.74, 6) is 0. The average Bonchev–Trinajstić information content (AvgIpc) is 2.84. The van der Waals surface area contributed by atoms with Gasteiger partial charge in [0.05, 0.1) is 11.5 Å². The lowest BCUT2D eigenvalue weighted by Gasteiger charge is -2.35. The highest BCUT2D eigenvalue weighted by molar-refractivity contribution is 6.29. The second-order valence-electron chi connectivity index (χ2n) is 5.59. The van der Waals surface area contributed by atoms with Crippen molar-refractivity contribution >= 4 is 22.6 Å². The Labute approximate surface area is 122 Å². The first-order valence-corrected chi connectivity index (χ1v) is 7.08. The van der Waals surface area contributed by atoms with Crippen LogP contribution in [0, 0.1) is 16.7 Å². The summed E-state index contributed by atoms with van der Waals surface area (Å²) in [6, 6.07) is 6.30. The van der Waals surface area contributed by atoms with E-state index in [0.29, 0.717) is 11.7 Å². The molecular formula is C14H16ClN5. The molecule has 3 heterocycles. The second-order valence-corrected chi connectivity index (χ2v) is 5.97. The Kier molecular flexibility index (Phi) is 3.36. The quantitative estimate of drug-likeness (QED) is 0.851. The summed E-state index contributed by atoms with van der Waals surface area (Å²) >= 11 is 5.85. The van der Waals surface area contributed by atoms with Gasteiger partial charge in [-0.05, 0) is 45.1 Å². The van der Waals surface area contributed by atoms with Crippen molar-refractivity contribution in [1.82, 2.24) is 19.7 Å². The molecule has 1 saturated heterocycles. The van der Waals surface area contributed by atoms with Gasteiger partial charge in [0.1, 0.15) is 0 Å². The van der Waals surface area contributed by atoms with Gasteiger partial charge in [-0.1, -0.05) is 11.6 Å². The third-order valence-electron chi connectivity index (χ3n) is 4.13. The third-order valence-corrected chi connectivity index (χ3v) is 4.32. The fourth-order valence-corrected chi connectivity index (χ4v) is 2.92. The SMILES string of the molecule is CN1CCC(C#N)(Cn2ccc3cc(Cl)nnc32)CC1. The summed E-state index contributed by atoms with van der Waals surface area (Å²) in [5, 5.41) is 19.0. The monoisotopic (exact) mass is 289 g/mol. The molecular weight excluding hydrogens is 274 g/mol. The zero-order chi connectivity index (χ0) is 14.2. The second kappa shape index (κ2) is 5.04. The van der Waals surface area contributed by atoms with Crippen molar-refractivity contribution in [3.05, 3.63) is 23.5 Å². The predicted octanol–water partition coefficient (Wildman–Crippen LogP) is 2.32. The van der Waals surface area contributed by atoms with Crippen molar-refractivity contribution in [2.45, 2.75) is 19.4 Å². The van der Waals surface area contributed by atoms with Crippen molar-refractivity contribution in [2.75, 3.05) is 20.1 Å². The number of fused-ring (bicyclic) bond motifs is 1. The van der Waals surface area contributed by atoms with Crippen molar-refractivity contribution in [3.8, 4) is 6.07 Å². The van der Waals surface area contributed by atoms with E-state index in [-0.39, 0.29) is 5.41 Å². The summed E-state index contributed by atoms with van der Waals surface area (Å²) in [5.41, 5.74) is 0.489. The van der Waals surface area contributed by atoms with Gasteiger partial charge in [-0.2, -0.15) is 5.26 Å². The number of nitrogens with zero attached hydrogens (tertiary/aromatic N) is 5. The molecule has 0 N–H and O–H groups in total. The summed E-state index contributed by atoms with van der Waals surface area (Å²) in [4.78, 5) is 2.27. The molecule has 0 radical (unpaired) electrons. The Hall–Kier alpha value is -1.64. The zero-order valence-electron chi connectivity index (χ0n) is 11.4. The fourth-order valence-electron chi connectivity index (χ4n) is 2.77. The zero-order valence-corrected chi connectivity index (χ0v) is 12.1. The number of likely N-dealkylation sites (tertiary alicyclic amines) is 1. The molecule has 2 aromatic heterocycles. The summed E-state index contributed by atoms with van der Waals surface area (Å²) < 4.78 is 2.02. The molecule has 6 heteroatoms. The minimum atomic E-state index is -0.306. The van der Waals surface area contributed by atoms with E-state index in [1.54, 1.807) is 6.07 Å². The molecule has 1 fully saturated rings. The number of nitriles is 1. The summed E-state index contributed by atoms with van der Waals surface area (Å²) in [6.07, 6.45) is 3.74. The Balaban J connectivity index is 1.90. The number of halogens is 1. The summed E-state index contributed by atoms with van der Waals surface area (Å²) in [6.45, 7) is 2.59. The van der Waals surface area contributed by atoms with Crippen LogP contribution in [0.5, 0.6) is 0 Å². The largest absolute Gasteiger partial charge is 0.329 e.